The van der Waals surface area contributed by atoms with E-state index in [1.165, 1.54) is 0 Å². The molecule has 4 nitrogen and oxygen atoms in total. The lowest BCUT2D eigenvalue weighted by Crippen LogP contribution is -2.33. The molecule has 0 bridgehead atoms. The van der Waals surface area contributed by atoms with Crippen molar-refractivity contribution < 1.29 is 9.59 Å². The lowest BCUT2D eigenvalue weighted by molar-refractivity contribution is -0.129. The maximum absolute atomic E-state index is 11.8. The second-order valence-corrected chi connectivity index (χ2v) is 4.93. The minimum absolute atomic E-state index is 0.0865. The topological polar surface area (TPSA) is 58.2 Å². The number of rotatable bonds is 8. The number of hydrogen-bond donors (Lipinski definition) is 2. The molecule has 2 amide bonds. The van der Waals surface area contributed by atoms with Crippen LogP contribution in [-0.4, -0.2) is 18.4 Å². The maximum Gasteiger partial charge on any atom is 0.229 e. The Labute approximate surface area is 121 Å². The molecule has 0 spiro atoms. The van der Waals surface area contributed by atoms with E-state index in [9.17, 15) is 9.59 Å². The summed E-state index contributed by atoms with van der Waals surface area (Å²) in [6.45, 7) is 4.67. The van der Waals surface area contributed by atoms with Gasteiger partial charge in [0.25, 0.3) is 0 Å². The first kappa shape index (κ1) is 16.2. The van der Waals surface area contributed by atoms with Gasteiger partial charge in [-0.1, -0.05) is 50.1 Å². The van der Waals surface area contributed by atoms with Crippen LogP contribution < -0.4 is 10.6 Å². The number of amides is 2. The van der Waals surface area contributed by atoms with E-state index in [0.29, 0.717) is 6.54 Å². The molecule has 0 aliphatic rings. The molecule has 1 unspecified atom stereocenters. The van der Waals surface area contributed by atoms with Crippen LogP contribution in [0.4, 0.5) is 0 Å². The summed E-state index contributed by atoms with van der Waals surface area (Å²) in [4.78, 5) is 23.3. The third-order valence-corrected chi connectivity index (χ3v) is 3.10. The summed E-state index contributed by atoms with van der Waals surface area (Å²) < 4.78 is 0. The van der Waals surface area contributed by atoms with Crippen molar-refractivity contribution in [3.05, 3.63) is 35.9 Å². The second kappa shape index (κ2) is 9.13. The van der Waals surface area contributed by atoms with Gasteiger partial charge in [-0.2, -0.15) is 0 Å². The molecule has 0 aliphatic heterocycles. The fraction of sp³-hybridized carbons (Fsp3) is 0.500. The smallest absolute Gasteiger partial charge is 0.229 e. The van der Waals surface area contributed by atoms with Crippen molar-refractivity contribution >= 4 is 11.8 Å². The molecule has 1 atom stereocenters. The van der Waals surface area contributed by atoms with E-state index in [4.69, 9.17) is 0 Å². The van der Waals surface area contributed by atoms with Crippen LogP contribution in [0.5, 0.6) is 0 Å². The Morgan fingerprint density at radius 2 is 1.80 bits per heavy atom. The minimum Gasteiger partial charge on any atom is -0.356 e. The summed E-state index contributed by atoms with van der Waals surface area (Å²) >= 11 is 0. The molecule has 0 heterocycles. The van der Waals surface area contributed by atoms with Crippen LogP contribution in [0, 0.1) is 0 Å². The first-order valence-corrected chi connectivity index (χ1v) is 7.24. The minimum atomic E-state index is -0.241. The van der Waals surface area contributed by atoms with Crippen LogP contribution in [0.15, 0.2) is 30.3 Å². The van der Waals surface area contributed by atoms with Gasteiger partial charge in [0.05, 0.1) is 6.04 Å². The van der Waals surface area contributed by atoms with Crippen molar-refractivity contribution in [1.29, 1.82) is 0 Å². The average Bonchev–Trinajstić information content (AvgIpc) is 2.44. The molecule has 20 heavy (non-hydrogen) atoms. The maximum atomic E-state index is 11.8. The van der Waals surface area contributed by atoms with Crippen molar-refractivity contribution in [3.8, 4) is 0 Å². The summed E-state index contributed by atoms with van der Waals surface area (Å²) in [5, 5.41) is 5.59. The van der Waals surface area contributed by atoms with Crippen LogP contribution >= 0.6 is 0 Å². The van der Waals surface area contributed by atoms with Gasteiger partial charge in [0.15, 0.2) is 0 Å². The fourth-order valence-corrected chi connectivity index (χ4v) is 1.93. The van der Waals surface area contributed by atoms with Gasteiger partial charge < -0.3 is 10.6 Å². The third kappa shape index (κ3) is 6.36. The summed E-state index contributed by atoms with van der Waals surface area (Å²) in [5.41, 5.74) is 1.03. The molecule has 4 heteroatoms. The molecular weight excluding hydrogens is 252 g/mol. The zero-order chi connectivity index (χ0) is 14.8. The Morgan fingerprint density at radius 1 is 1.10 bits per heavy atom. The van der Waals surface area contributed by atoms with Crippen LogP contribution in [0.25, 0.3) is 0 Å². The zero-order valence-electron chi connectivity index (χ0n) is 12.3. The first-order chi connectivity index (χ1) is 9.63. The molecule has 0 aromatic heterocycles. The van der Waals surface area contributed by atoms with E-state index >= 15 is 0 Å². The van der Waals surface area contributed by atoms with Crippen molar-refractivity contribution in [1.82, 2.24) is 10.6 Å². The number of nitrogens with one attached hydrogen (secondary N) is 2. The molecule has 0 fully saturated rings. The third-order valence-electron chi connectivity index (χ3n) is 3.10. The van der Waals surface area contributed by atoms with Gasteiger partial charge >= 0.3 is 0 Å². The van der Waals surface area contributed by atoms with Crippen LogP contribution in [-0.2, 0) is 9.59 Å². The molecule has 1 aromatic rings. The van der Waals surface area contributed by atoms with Gasteiger partial charge in [0, 0.05) is 6.54 Å². The number of benzene rings is 1. The second-order valence-electron chi connectivity index (χ2n) is 4.93. The average molecular weight is 276 g/mol. The summed E-state index contributed by atoms with van der Waals surface area (Å²) in [5.74, 6) is -0.451. The molecule has 1 rings (SSSR count). The Bertz CT molecular complexity index is 418. The molecular formula is C16H24N2O2. The van der Waals surface area contributed by atoms with E-state index in [1.54, 1.807) is 0 Å². The molecule has 0 radical (unpaired) electrons. The highest BCUT2D eigenvalue weighted by Crippen LogP contribution is 2.10. The summed E-state index contributed by atoms with van der Waals surface area (Å²) in [6, 6.07) is 9.61. The van der Waals surface area contributed by atoms with Gasteiger partial charge in [0.1, 0.15) is 6.42 Å². The highest BCUT2D eigenvalue weighted by Gasteiger charge is 2.12. The molecule has 0 saturated heterocycles. The van der Waals surface area contributed by atoms with E-state index in [1.807, 2.05) is 37.3 Å². The van der Waals surface area contributed by atoms with Crippen molar-refractivity contribution in [2.45, 2.75) is 45.6 Å². The number of carbonyl (C=O) groups is 2. The lowest BCUT2D eigenvalue weighted by Gasteiger charge is -2.14. The number of unbranched alkanes of at least 4 members (excludes halogenated alkanes) is 2. The van der Waals surface area contributed by atoms with Crippen LogP contribution in [0.2, 0.25) is 0 Å². The highest BCUT2D eigenvalue weighted by atomic mass is 16.2. The van der Waals surface area contributed by atoms with E-state index in [2.05, 4.69) is 17.6 Å². The Hall–Kier alpha value is -1.84. The molecule has 0 aliphatic carbocycles. The van der Waals surface area contributed by atoms with Crippen LogP contribution in [0.3, 0.4) is 0 Å². The Balaban J connectivity index is 2.27. The van der Waals surface area contributed by atoms with E-state index in [0.717, 1.165) is 24.8 Å². The largest absolute Gasteiger partial charge is 0.356 e. The van der Waals surface area contributed by atoms with Gasteiger partial charge in [0.2, 0.25) is 11.8 Å². The van der Waals surface area contributed by atoms with Crippen molar-refractivity contribution in [2.75, 3.05) is 6.54 Å². The predicted molar refractivity (Wildman–Crippen MR) is 80.2 cm³/mol. The van der Waals surface area contributed by atoms with Crippen LogP contribution in [0.1, 0.15) is 51.1 Å². The Morgan fingerprint density at radius 3 is 2.45 bits per heavy atom. The van der Waals surface area contributed by atoms with Crippen molar-refractivity contribution in [2.24, 2.45) is 0 Å². The van der Waals surface area contributed by atoms with Gasteiger partial charge in [-0.15, -0.1) is 0 Å². The van der Waals surface area contributed by atoms with Gasteiger partial charge in [-0.05, 0) is 18.9 Å². The highest BCUT2D eigenvalue weighted by molar-refractivity contribution is 5.96. The number of hydrogen-bond acceptors (Lipinski definition) is 2. The standard InChI is InChI=1S/C16H24N2O2/c1-3-4-8-11-17-15(19)12-16(20)18-13(2)14-9-6-5-7-10-14/h5-7,9-10,13H,3-4,8,11-12H2,1-2H3,(H,17,19)(H,18,20). The zero-order valence-corrected chi connectivity index (χ0v) is 12.3. The van der Waals surface area contributed by atoms with Gasteiger partial charge in [-0.25, -0.2) is 0 Å². The molecule has 1 aromatic carbocycles. The summed E-state index contributed by atoms with van der Waals surface area (Å²) in [7, 11) is 0. The summed E-state index contributed by atoms with van der Waals surface area (Å²) in [6.07, 6.45) is 3.07. The molecule has 0 saturated carbocycles. The first-order valence-electron chi connectivity index (χ1n) is 7.24. The quantitative estimate of drug-likeness (QED) is 0.566. The van der Waals surface area contributed by atoms with E-state index in [-0.39, 0.29) is 24.3 Å². The van der Waals surface area contributed by atoms with Gasteiger partial charge in [-0.3, -0.25) is 9.59 Å². The van der Waals surface area contributed by atoms with Crippen molar-refractivity contribution in [3.63, 3.8) is 0 Å². The fourth-order valence-electron chi connectivity index (χ4n) is 1.93. The lowest BCUT2D eigenvalue weighted by atomic mass is 10.1. The monoisotopic (exact) mass is 276 g/mol. The molecule has 110 valence electrons. The Kier molecular flexibility index (Phi) is 7.40. The normalized spacial score (nSPS) is 11.7. The SMILES string of the molecule is CCCCCNC(=O)CC(=O)NC(C)c1ccccc1. The molecule has 2 N–H and O–H groups in total. The van der Waals surface area contributed by atoms with E-state index < -0.39 is 0 Å². The predicted octanol–water partition coefficient (Wildman–Crippen LogP) is 2.56. The number of carbonyl (C=O) groups excluding carboxylic acids is 2.